The number of carbonyl (C=O) groups is 3. The molecular formula is C18H18N2O4. The first kappa shape index (κ1) is 14.9. The SMILES string of the molecule is O=C1NCCc2ccc(NC(=O)[C@@H]3[C@@H](C(=O)O)[C@H]4C=C[C@H]3C4)cc21. The number of hydrogen-bond acceptors (Lipinski definition) is 3. The Morgan fingerprint density at radius 3 is 2.67 bits per heavy atom. The summed E-state index contributed by atoms with van der Waals surface area (Å²) in [7, 11) is 0. The van der Waals surface area contributed by atoms with Crippen molar-refractivity contribution in [2.75, 3.05) is 11.9 Å². The summed E-state index contributed by atoms with van der Waals surface area (Å²) in [6.07, 6.45) is 5.36. The Hall–Kier alpha value is -2.63. The van der Waals surface area contributed by atoms with E-state index in [1.54, 1.807) is 12.1 Å². The van der Waals surface area contributed by atoms with Crippen molar-refractivity contribution in [3.05, 3.63) is 41.5 Å². The molecule has 1 saturated carbocycles. The largest absolute Gasteiger partial charge is 0.481 e. The molecule has 4 rings (SSSR count). The number of carbonyl (C=O) groups excluding carboxylic acids is 2. The number of rotatable bonds is 3. The molecule has 0 spiro atoms. The smallest absolute Gasteiger partial charge is 0.307 e. The third-order valence-corrected chi connectivity index (χ3v) is 5.35. The summed E-state index contributed by atoms with van der Waals surface area (Å²) < 4.78 is 0. The van der Waals surface area contributed by atoms with E-state index in [1.165, 1.54) is 0 Å². The molecule has 0 unspecified atom stereocenters. The van der Waals surface area contributed by atoms with E-state index in [-0.39, 0.29) is 23.7 Å². The van der Waals surface area contributed by atoms with E-state index in [2.05, 4.69) is 10.6 Å². The Morgan fingerprint density at radius 2 is 1.92 bits per heavy atom. The molecule has 1 aromatic carbocycles. The summed E-state index contributed by atoms with van der Waals surface area (Å²) in [6.45, 7) is 0.620. The molecule has 1 fully saturated rings. The van der Waals surface area contributed by atoms with Gasteiger partial charge in [0.25, 0.3) is 5.91 Å². The number of anilines is 1. The summed E-state index contributed by atoms with van der Waals surface area (Å²) >= 11 is 0. The van der Waals surface area contributed by atoms with Crippen LogP contribution in [0.5, 0.6) is 0 Å². The van der Waals surface area contributed by atoms with Crippen molar-refractivity contribution in [3.63, 3.8) is 0 Å². The monoisotopic (exact) mass is 326 g/mol. The second kappa shape index (κ2) is 5.47. The molecule has 0 radical (unpaired) electrons. The first-order chi connectivity index (χ1) is 11.5. The molecule has 4 atom stereocenters. The van der Waals surface area contributed by atoms with Gasteiger partial charge in [-0.1, -0.05) is 18.2 Å². The number of allylic oxidation sites excluding steroid dienone is 2. The van der Waals surface area contributed by atoms with Crippen LogP contribution in [0.1, 0.15) is 22.3 Å². The van der Waals surface area contributed by atoms with Crippen LogP contribution in [0.4, 0.5) is 5.69 Å². The van der Waals surface area contributed by atoms with Crippen molar-refractivity contribution in [2.24, 2.45) is 23.7 Å². The predicted molar refractivity (Wildman–Crippen MR) is 86.5 cm³/mol. The molecule has 0 saturated heterocycles. The number of hydrogen-bond donors (Lipinski definition) is 3. The van der Waals surface area contributed by atoms with Crippen LogP contribution in [0.2, 0.25) is 0 Å². The van der Waals surface area contributed by atoms with Crippen LogP contribution in [-0.4, -0.2) is 29.4 Å². The molecule has 6 heteroatoms. The highest BCUT2D eigenvalue weighted by atomic mass is 16.4. The van der Waals surface area contributed by atoms with Crippen LogP contribution in [0.25, 0.3) is 0 Å². The number of benzene rings is 1. The Bertz CT molecular complexity index is 770. The van der Waals surface area contributed by atoms with Gasteiger partial charge in [0.1, 0.15) is 0 Å². The first-order valence-electron chi connectivity index (χ1n) is 8.17. The zero-order chi connectivity index (χ0) is 16.8. The molecule has 2 aliphatic carbocycles. The van der Waals surface area contributed by atoms with Gasteiger partial charge in [-0.05, 0) is 42.4 Å². The molecule has 2 bridgehead atoms. The van der Waals surface area contributed by atoms with E-state index in [9.17, 15) is 19.5 Å². The van der Waals surface area contributed by atoms with Gasteiger partial charge in [-0.25, -0.2) is 0 Å². The highest BCUT2D eigenvalue weighted by Gasteiger charge is 2.51. The maximum absolute atomic E-state index is 12.7. The normalized spacial score (nSPS) is 29.9. The fourth-order valence-electron chi connectivity index (χ4n) is 4.23. The second-order valence-corrected chi connectivity index (χ2v) is 6.71. The quantitative estimate of drug-likeness (QED) is 0.732. The first-order valence-corrected chi connectivity index (χ1v) is 8.17. The lowest BCUT2D eigenvalue weighted by molar-refractivity contribution is -0.146. The van der Waals surface area contributed by atoms with Gasteiger partial charge in [0.15, 0.2) is 0 Å². The molecule has 1 aliphatic heterocycles. The van der Waals surface area contributed by atoms with Crippen molar-refractivity contribution in [1.82, 2.24) is 5.32 Å². The van der Waals surface area contributed by atoms with Crippen molar-refractivity contribution in [2.45, 2.75) is 12.8 Å². The standard InChI is InChI=1S/C18H18N2O4/c21-16-13-8-12(4-3-9(13)5-6-19-16)20-17(22)14-10-1-2-11(7-10)15(14)18(23)24/h1-4,8,10-11,14-15H,5-7H2,(H,19,21)(H,20,22)(H,23,24)/t10-,11-,14-,15-/m0/s1. The van der Waals surface area contributed by atoms with Gasteiger partial charge in [-0.2, -0.15) is 0 Å². The highest BCUT2D eigenvalue weighted by Crippen LogP contribution is 2.48. The van der Waals surface area contributed by atoms with Gasteiger partial charge in [-0.15, -0.1) is 0 Å². The lowest BCUT2D eigenvalue weighted by Gasteiger charge is -2.24. The second-order valence-electron chi connectivity index (χ2n) is 6.71. The third-order valence-electron chi connectivity index (χ3n) is 5.35. The Morgan fingerprint density at radius 1 is 1.17 bits per heavy atom. The summed E-state index contributed by atoms with van der Waals surface area (Å²) in [5.41, 5.74) is 2.07. The van der Waals surface area contributed by atoms with Gasteiger partial charge in [0, 0.05) is 17.8 Å². The summed E-state index contributed by atoms with van der Waals surface area (Å²) in [6, 6.07) is 5.29. The van der Waals surface area contributed by atoms with Crippen LogP contribution in [-0.2, 0) is 16.0 Å². The molecule has 24 heavy (non-hydrogen) atoms. The maximum atomic E-state index is 12.7. The van der Waals surface area contributed by atoms with Crippen molar-refractivity contribution >= 4 is 23.5 Å². The Balaban J connectivity index is 1.56. The third kappa shape index (κ3) is 2.29. The molecule has 2 amide bonds. The van der Waals surface area contributed by atoms with Crippen LogP contribution in [0.15, 0.2) is 30.4 Å². The number of aliphatic carboxylic acids is 1. The van der Waals surface area contributed by atoms with E-state index in [4.69, 9.17) is 0 Å². The minimum Gasteiger partial charge on any atom is -0.481 e. The molecule has 3 aliphatic rings. The van der Waals surface area contributed by atoms with Gasteiger partial charge >= 0.3 is 5.97 Å². The predicted octanol–water partition coefficient (Wildman–Crippen LogP) is 1.43. The lowest BCUT2D eigenvalue weighted by Crippen LogP contribution is -2.36. The molecular weight excluding hydrogens is 308 g/mol. The molecule has 3 N–H and O–H groups in total. The maximum Gasteiger partial charge on any atom is 0.307 e. The lowest BCUT2D eigenvalue weighted by atomic mass is 9.82. The number of carboxylic acid groups (broad SMARTS) is 1. The molecule has 6 nitrogen and oxygen atoms in total. The van der Waals surface area contributed by atoms with Crippen molar-refractivity contribution in [1.29, 1.82) is 0 Å². The van der Waals surface area contributed by atoms with Gasteiger partial charge in [-0.3, -0.25) is 14.4 Å². The average Bonchev–Trinajstić information content (AvgIpc) is 3.16. The van der Waals surface area contributed by atoms with Crippen LogP contribution in [0, 0.1) is 23.7 Å². The fraction of sp³-hybridized carbons (Fsp3) is 0.389. The van der Waals surface area contributed by atoms with E-state index in [0.29, 0.717) is 17.8 Å². The van der Waals surface area contributed by atoms with Gasteiger partial charge < -0.3 is 15.7 Å². The molecule has 0 aromatic heterocycles. The Labute approximate surface area is 138 Å². The topological polar surface area (TPSA) is 95.5 Å². The molecule has 1 aromatic rings. The Kier molecular flexibility index (Phi) is 3.40. The van der Waals surface area contributed by atoms with Crippen molar-refractivity contribution in [3.8, 4) is 0 Å². The minimum absolute atomic E-state index is 0.0166. The number of fused-ring (bicyclic) bond motifs is 3. The zero-order valence-corrected chi connectivity index (χ0v) is 13.0. The number of carboxylic acids is 1. The van der Waals surface area contributed by atoms with E-state index in [0.717, 1.165) is 18.4 Å². The summed E-state index contributed by atoms with van der Waals surface area (Å²) in [5.74, 6) is -2.64. The average molecular weight is 326 g/mol. The molecule has 124 valence electrons. The van der Waals surface area contributed by atoms with Crippen LogP contribution in [0.3, 0.4) is 0 Å². The van der Waals surface area contributed by atoms with E-state index >= 15 is 0 Å². The number of nitrogens with one attached hydrogen (secondary N) is 2. The minimum atomic E-state index is -0.920. The van der Waals surface area contributed by atoms with E-state index in [1.807, 2.05) is 18.2 Å². The van der Waals surface area contributed by atoms with Crippen LogP contribution >= 0.6 is 0 Å². The van der Waals surface area contributed by atoms with Crippen LogP contribution < -0.4 is 10.6 Å². The molecule has 1 heterocycles. The van der Waals surface area contributed by atoms with Crippen molar-refractivity contribution < 1.29 is 19.5 Å². The highest BCUT2D eigenvalue weighted by molar-refractivity contribution is 6.00. The van der Waals surface area contributed by atoms with Gasteiger partial charge in [0.05, 0.1) is 11.8 Å². The summed E-state index contributed by atoms with van der Waals surface area (Å²) in [5, 5.41) is 15.0. The summed E-state index contributed by atoms with van der Waals surface area (Å²) in [4.78, 5) is 36.1. The number of amides is 2. The van der Waals surface area contributed by atoms with E-state index < -0.39 is 17.8 Å². The zero-order valence-electron chi connectivity index (χ0n) is 13.0. The fourth-order valence-corrected chi connectivity index (χ4v) is 4.23. The van der Waals surface area contributed by atoms with Gasteiger partial charge in [0.2, 0.25) is 5.91 Å².